The number of carboxylic acids is 1. The highest BCUT2D eigenvalue weighted by Crippen LogP contribution is 2.09. The van der Waals surface area contributed by atoms with E-state index in [9.17, 15) is 14.4 Å². The lowest BCUT2D eigenvalue weighted by atomic mass is 10.0. The quantitative estimate of drug-likeness (QED) is 0.582. The van der Waals surface area contributed by atoms with Gasteiger partial charge in [0.15, 0.2) is 0 Å². The SMILES string of the molecule is CCOCC(=O)N[C@H](C[C@H](C)C(=O)OCC)C(=O)O. The van der Waals surface area contributed by atoms with Crippen molar-refractivity contribution >= 4 is 17.8 Å². The van der Waals surface area contributed by atoms with Gasteiger partial charge in [-0.05, 0) is 20.3 Å². The van der Waals surface area contributed by atoms with Gasteiger partial charge in [-0.1, -0.05) is 6.92 Å². The molecule has 0 spiro atoms. The number of carbonyl (C=O) groups is 3. The molecule has 0 bridgehead atoms. The van der Waals surface area contributed by atoms with Gasteiger partial charge >= 0.3 is 11.9 Å². The zero-order chi connectivity index (χ0) is 14.8. The molecule has 0 saturated heterocycles. The summed E-state index contributed by atoms with van der Waals surface area (Å²) < 4.78 is 9.66. The molecule has 0 saturated carbocycles. The molecule has 0 radical (unpaired) electrons. The van der Waals surface area contributed by atoms with Crippen molar-refractivity contribution in [3.05, 3.63) is 0 Å². The second kappa shape index (κ2) is 9.32. The maximum Gasteiger partial charge on any atom is 0.326 e. The lowest BCUT2D eigenvalue weighted by molar-refractivity contribution is -0.149. The molecule has 0 heterocycles. The summed E-state index contributed by atoms with van der Waals surface area (Å²) in [4.78, 5) is 33.8. The zero-order valence-electron chi connectivity index (χ0n) is 11.5. The average molecular weight is 275 g/mol. The summed E-state index contributed by atoms with van der Waals surface area (Å²) in [6, 6.07) is -1.13. The summed E-state index contributed by atoms with van der Waals surface area (Å²) in [5, 5.41) is 11.3. The molecule has 19 heavy (non-hydrogen) atoms. The summed E-state index contributed by atoms with van der Waals surface area (Å²) in [6.45, 7) is 5.35. The minimum atomic E-state index is -1.19. The molecule has 7 nitrogen and oxygen atoms in total. The average Bonchev–Trinajstić information content (AvgIpc) is 2.35. The third-order valence-corrected chi connectivity index (χ3v) is 2.35. The Morgan fingerprint density at radius 1 is 1.21 bits per heavy atom. The second-order valence-electron chi connectivity index (χ2n) is 3.98. The Balaban J connectivity index is 4.37. The van der Waals surface area contributed by atoms with Gasteiger partial charge in [-0.15, -0.1) is 0 Å². The molecule has 2 atom stereocenters. The van der Waals surface area contributed by atoms with Gasteiger partial charge in [-0.25, -0.2) is 4.79 Å². The summed E-state index contributed by atoms with van der Waals surface area (Å²) in [5.74, 6) is -2.80. The van der Waals surface area contributed by atoms with Gasteiger partial charge in [0.25, 0.3) is 0 Å². The summed E-state index contributed by atoms with van der Waals surface area (Å²) in [6.07, 6.45) is -0.0218. The van der Waals surface area contributed by atoms with E-state index in [2.05, 4.69) is 5.32 Å². The fourth-order valence-electron chi connectivity index (χ4n) is 1.39. The van der Waals surface area contributed by atoms with Crippen LogP contribution in [0.3, 0.4) is 0 Å². The van der Waals surface area contributed by atoms with Crippen molar-refractivity contribution in [3.8, 4) is 0 Å². The van der Waals surface area contributed by atoms with Crippen molar-refractivity contribution in [2.75, 3.05) is 19.8 Å². The summed E-state index contributed by atoms with van der Waals surface area (Å²) in [7, 11) is 0. The third-order valence-electron chi connectivity index (χ3n) is 2.35. The Morgan fingerprint density at radius 2 is 1.84 bits per heavy atom. The van der Waals surface area contributed by atoms with E-state index in [1.54, 1.807) is 20.8 Å². The largest absolute Gasteiger partial charge is 0.480 e. The molecule has 2 N–H and O–H groups in total. The number of nitrogens with one attached hydrogen (secondary N) is 1. The Hall–Kier alpha value is -1.63. The van der Waals surface area contributed by atoms with E-state index in [0.29, 0.717) is 6.61 Å². The lowest BCUT2D eigenvalue weighted by Gasteiger charge is -2.17. The van der Waals surface area contributed by atoms with Crippen LogP contribution in [0.5, 0.6) is 0 Å². The first-order chi connectivity index (χ1) is 8.92. The minimum Gasteiger partial charge on any atom is -0.480 e. The fourth-order valence-corrected chi connectivity index (χ4v) is 1.39. The van der Waals surface area contributed by atoms with Crippen LogP contribution in [0.15, 0.2) is 0 Å². The molecule has 0 aromatic heterocycles. The molecule has 0 rings (SSSR count). The van der Waals surface area contributed by atoms with Crippen LogP contribution in [0.2, 0.25) is 0 Å². The number of amides is 1. The molecule has 0 fully saturated rings. The Labute approximate surface area is 112 Å². The Bertz CT molecular complexity index is 317. The zero-order valence-corrected chi connectivity index (χ0v) is 11.5. The molecule has 1 amide bonds. The topological polar surface area (TPSA) is 102 Å². The Kier molecular flexibility index (Phi) is 8.52. The number of carboxylic acid groups (broad SMARTS) is 1. The van der Waals surface area contributed by atoms with Gasteiger partial charge in [-0.3, -0.25) is 9.59 Å². The van der Waals surface area contributed by atoms with E-state index in [1.165, 1.54) is 0 Å². The first-order valence-electron chi connectivity index (χ1n) is 6.18. The molecule has 0 aromatic rings. The third kappa shape index (κ3) is 7.40. The maximum absolute atomic E-state index is 11.4. The first kappa shape index (κ1) is 17.4. The highest BCUT2D eigenvalue weighted by atomic mass is 16.5. The molecule has 0 unspecified atom stereocenters. The Morgan fingerprint density at radius 3 is 2.32 bits per heavy atom. The van der Waals surface area contributed by atoms with Gasteiger partial charge in [0.2, 0.25) is 5.91 Å². The molecular weight excluding hydrogens is 254 g/mol. The van der Waals surface area contributed by atoms with Crippen LogP contribution in [0.4, 0.5) is 0 Å². The van der Waals surface area contributed by atoms with E-state index in [4.69, 9.17) is 14.6 Å². The van der Waals surface area contributed by atoms with Gasteiger partial charge < -0.3 is 19.9 Å². The first-order valence-corrected chi connectivity index (χ1v) is 6.18. The van der Waals surface area contributed by atoms with Gasteiger partial charge in [0.05, 0.1) is 12.5 Å². The van der Waals surface area contributed by atoms with E-state index in [0.717, 1.165) is 0 Å². The van der Waals surface area contributed by atoms with E-state index >= 15 is 0 Å². The fraction of sp³-hybridized carbons (Fsp3) is 0.750. The number of hydrogen-bond acceptors (Lipinski definition) is 5. The van der Waals surface area contributed by atoms with Crippen LogP contribution in [-0.4, -0.2) is 48.8 Å². The smallest absolute Gasteiger partial charge is 0.326 e. The number of ether oxygens (including phenoxy) is 2. The minimum absolute atomic E-state index is 0.0218. The van der Waals surface area contributed by atoms with Crippen molar-refractivity contribution in [1.82, 2.24) is 5.32 Å². The van der Waals surface area contributed by atoms with E-state index in [1.807, 2.05) is 0 Å². The highest BCUT2D eigenvalue weighted by Gasteiger charge is 2.26. The number of esters is 1. The normalized spacial score (nSPS) is 13.4. The van der Waals surface area contributed by atoms with Crippen molar-refractivity contribution in [1.29, 1.82) is 0 Å². The molecule has 0 aliphatic heterocycles. The molecular formula is C12H21NO6. The second-order valence-corrected chi connectivity index (χ2v) is 3.98. The van der Waals surface area contributed by atoms with Crippen LogP contribution in [0, 0.1) is 5.92 Å². The maximum atomic E-state index is 11.4. The van der Waals surface area contributed by atoms with E-state index in [-0.39, 0.29) is 19.6 Å². The monoisotopic (exact) mass is 275 g/mol. The standard InChI is InChI=1S/C12H21NO6/c1-4-18-7-10(14)13-9(11(15)16)6-8(3)12(17)19-5-2/h8-9H,4-7H2,1-3H3,(H,13,14)(H,15,16)/t8-,9+/m0/s1. The van der Waals surface area contributed by atoms with Crippen LogP contribution in [0.25, 0.3) is 0 Å². The number of carbonyl (C=O) groups excluding carboxylic acids is 2. The van der Waals surface area contributed by atoms with E-state index < -0.39 is 29.8 Å². The number of aliphatic carboxylic acids is 1. The van der Waals surface area contributed by atoms with Crippen LogP contribution < -0.4 is 5.32 Å². The summed E-state index contributed by atoms with van der Waals surface area (Å²) in [5.41, 5.74) is 0. The van der Waals surface area contributed by atoms with Crippen LogP contribution in [0.1, 0.15) is 27.2 Å². The number of rotatable bonds is 9. The highest BCUT2D eigenvalue weighted by molar-refractivity contribution is 5.84. The molecule has 0 aliphatic carbocycles. The van der Waals surface area contributed by atoms with Crippen molar-refractivity contribution in [2.24, 2.45) is 5.92 Å². The van der Waals surface area contributed by atoms with Gasteiger partial charge in [-0.2, -0.15) is 0 Å². The predicted molar refractivity (Wildman–Crippen MR) is 66.5 cm³/mol. The van der Waals surface area contributed by atoms with Crippen LogP contribution in [-0.2, 0) is 23.9 Å². The lowest BCUT2D eigenvalue weighted by Crippen LogP contribution is -2.44. The number of hydrogen-bond donors (Lipinski definition) is 2. The van der Waals surface area contributed by atoms with Crippen LogP contribution >= 0.6 is 0 Å². The van der Waals surface area contributed by atoms with Crippen molar-refractivity contribution < 1.29 is 29.0 Å². The van der Waals surface area contributed by atoms with Crippen molar-refractivity contribution in [2.45, 2.75) is 33.2 Å². The molecule has 110 valence electrons. The van der Waals surface area contributed by atoms with Gasteiger partial charge in [0.1, 0.15) is 12.6 Å². The predicted octanol–water partition coefficient (Wildman–Crippen LogP) is 0.182. The molecule has 7 heteroatoms. The molecule has 0 aliphatic rings. The van der Waals surface area contributed by atoms with Crippen molar-refractivity contribution in [3.63, 3.8) is 0 Å². The summed E-state index contributed by atoms with van der Waals surface area (Å²) >= 11 is 0. The van der Waals surface area contributed by atoms with Gasteiger partial charge in [0, 0.05) is 6.61 Å². The molecule has 0 aromatic carbocycles.